The molecule has 4 amide bonds. The molecule has 144 valence electrons. The summed E-state index contributed by atoms with van der Waals surface area (Å²) in [7, 11) is 0. The Labute approximate surface area is 168 Å². The number of fused-ring (bicyclic) bond motifs is 2. The highest BCUT2D eigenvalue weighted by Gasteiger charge is 2.34. The van der Waals surface area contributed by atoms with E-state index in [-0.39, 0.29) is 31.2 Å². The molecule has 0 aliphatic carbocycles. The molecule has 0 atom stereocenters. The molecule has 8 nitrogen and oxygen atoms in total. The van der Waals surface area contributed by atoms with Crippen LogP contribution in [0.2, 0.25) is 0 Å². The highest BCUT2D eigenvalue weighted by molar-refractivity contribution is 9.10. The third-order valence-electron chi connectivity index (χ3n) is 4.41. The van der Waals surface area contributed by atoms with Crippen molar-refractivity contribution in [1.29, 1.82) is 0 Å². The number of rotatable bonds is 5. The average molecular weight is 446 g/mol. The molecule has 2 N–H and O–H groups in total. The molecule has 0 bridgehead atoms. The molecular formula is C19H16BrN3O5. The summed E-state index contributed by atoms with van der Waals surface area (Å²) in [5.74, 6) is 0.595. The summed E-state index contributed by atoms with van der Waals surface area (Å²) in [5.41, 5.74) is 1.38. The van der Waals surface area contributed by atoms with E-state index in [2.05, 4.69) is 26.6 Å². The lowest BCUT2D eigenvalue weighted by molar-refractivity contribution is 0.0653. The van der Waals surface area contributed by atoms with Gasteiger partial charge in [0, 0.05) is 29.3 Å². The van der Waals surface area contributed by atoms with E-state index in [9.17, 15) is 14.4 Å². The summed E-state index contributed by atoms with van der Waals surface area (Å²) < 4.78 is 11.2. The first-order valence-electron chi connectivity index (χ1n) is 8.63. The van der Waals surface area contributed by atoms with Gasteiger partial charge in [0.15, 0.2) is 11.5 Å². The molecule has 2 aliphatic rings. The number of urea groups is 1. The number of ether oxygens (including phenoxy) is 2. The summed E-state index contributed by atoms with van der Waals surface area (Å²) in [6.07, 6.45) is 0.446. The van der Waals surface area contributed by atoms with Crippen molar-refractivity contribution in [3.8, 4) is 11.5 Å². The number of halogens is 1. The first-order valence-corrected chi connectivity index (χ1v) is 9.42. The zero-order chi connectivity index (χ0) is 19.7. The lowest BCUT2D eigenvalue weighted by Crippen LogP contribution is -2.35. The summed E-state index contributed by atoms with van der Waals surface area (Å²) in [6, 6.07) is 9.74. The van der Waals surface area contributed by atoms with Crippen LogP contribution in [-0.2, 0) is 0 Å². The van der Waals surface area contributed by atoms with E-state index in [1.807, 2.05) is 0 Å². The van der Waals surface area contributed by atoms with E-state index in [0.717, 1.165) is 4.47 Å². The van der Waals surface area contributed by atoms with Crippen LogP contribution in [0.1, 0.15) is 27.1 Å². The topological polar surface area (TPSA) is 97.0 Å². The Bertz CT molecular complexity index is 978. The number of hydrogen-bond acceptors (Lipinski definition) is 5. The Kier molecular flexibility index (Phi) is 4.91. The largest absolute Gasteiger partial charge is 0.454 e. The number of amides is 4. The molecule has 0 fully saturated rings. The second kappa shape index (κ2) is 7.51. The minimum absolute atomic E-state index is 0.166. The smallest absolute Gasteiger partial charge is 0.319 e. The molecule has 0 aromatic heterocycles. The van der Waals surface area contributed by atoms with E-state index in [4.69, 9.17) is 9.47 Å². The summed E-state index contributed by atoms with van der Waals surface area (Å²) in [5, 5.41) is 5.40. The zero-order valence-corrected chi connectivity index (χ0v) is 16.2. The number of carbonyl (C=O) groups excluding carboxylic acids is 3. The monoisotopic (exact) mass is 445 g/mol. The van der Waals surface area contributed by atoms with Crippen LogP contribution in [0.25, 0.3) is 0 Å². The molecule has 4 rings (SSSR count). The van der Waals surface area contributed by atoms with Crippen molar-refractivity contribution in [2.45, 2.75) is 6.42 Å². The third kappa shape index (κ3) is 3.53. The van der Waals surface area contributed by atoms with Crippen molar-refractivity contribution in [2.24, 2.45) is 0 Å². The fraction of sp³-hybridized carbons (Fsp3) is 0.211. The lowest BCUT2D eigenvalue weighted by Gasteiger charge is -2.14. The summed E-state index contributed by atoms with van der Waals surface area (Å²) in [4.78, 5) is 37.9. The fourth-order valence-corrected chi connectivity index (χ4v) is 3.42. The van der Waals surface area contributed by atoms with Crippen LogP contribution >= 0.6 is 15.9 Å². The first kappa shape index (κ1) is 18.3. The molecule has 2 heterocycles. The van der Waals surface area contributed by atoms with Gasteiger partial charge < -0.3 is 20.1 Å². The average Bonchev–Trinajstić information content (AvgIpc) is 3.22. The fourth-order valence-electron chi connectivity index (χ4n) is 3.05. The standard InChI is InChI=1S/C19H16BrN3O5/c20-11-2-4-13-14(8-11)18(25)23(17(13)24)7-1-6-21-19(26)22-12-3-5-15-16(9-12)28-10-27-15/h2-5,8-9H,1,6-7,10H2,(H2,21,22,26). The van der Waals surface area contributed by atoms with Crippen LogP contribution in [-0.4, -0.2) is 42.6 Å². The van der Waals surface area contributed by atoms with Gasteiger partial charge in [0.2, 0.25) is 6.79 Å². The lowest BCUT2D eigenvalue weighted by atomic mass is 10.1. The van der Waals surface area contributed by atoms with Crippen molar-refractivity contribution >= 4 is 39.5 Å². The molecule has 28 heavy (non-hydrogen) atoms. The predicted molar refractivity (Wildman–Crippen MR) is 104 cm³/mol. The Morgan fingerprint density at radius 3 is 2.68 bits per heavy atom. The minimum Gasteiger partial charge on any atom is -0.454 e. The maximum absolute atomic E-state index is 12.4. The van der Waals surface area contributed by atoms with Gasteiger partial charge in [-0.2, -0.15) is 0 Å². The third-order valence-corrected chi connectivity index (χ3v) is 4.90. The van der Waals surface area contributed by atoms with E-state index in [1.54, 1.807) is 36.4 Å². The Hall–Kier alpha value is -3.07. The van der Waals surface area contributed by atoms with Crippen LogP contribution < -0.4 is 20.1 Å². The number of hydrogen-bond donors (Lipinski definition) is 2. The van der Waals surface area contributed by atoms with Gasteiger partial charge in [0.1, 0.15) is 0 Å². The Morgan fingerprint density at radius 1 is 1.04 bits per heavy atom. The maximum atomic E-state index is 12.4. The van der Waals surface area contributed by atoms with Gasteiger partial charge >= 0.3 is 6.03 Å². The second-order valence-electron chi connectivity index (χ2n) is 6.25. The van der Waals surface area contributed by atoms with Gasteiger partial charge in [-0.05, 0) is 36.8 Å². The zero-order valence-electron chi connectivity index (χ0n) is 14.7. The molecule has 2 aromatic rings. The van der Waals surface area contributed by atoms with E-state index in [1.165, 1.54) is 4.90 Å². The highest BCUT2D eigenvalue weighted by atomic mass is 79.9. The first-order chi connectivity index (χ1) is 13.5. The van der Waals surface area contributed by atoms with Crippen LogP contribution in [0.15, 0.2) is 40.9 Å². The van der Waals surface area contributed by atoms with E-state index in [0.29, 0.717) is 41.3 Å². The Balaban J connectivity index is 1.25. The predicted octanol–water partition coefficient (Wildman–Crippen LogP) is 2.99. The van der Waals surface area contributed by atoms with Gasteiger partial charge in [-0.15, -0.1) is 0 Å². The van der Waals surface area contributed by atoms with Gasteiger partial charge in [-0.1, -0.05) is 15.9 Å². The van der Waals surface area contributed by atoms with Gasteiger partial charge in [0.25, 0.3) is 11.8 Å². The van der Waals surface area contributed by atoms with Gasteiger partial charge in [-0.25, -0.2) is 4.79 Å². The number of benzene rings is 2. The minimum atomic E-state index is -0.384. The van der Waals surface area contributed by atoms with Gasteiger partial charge in [0.05, 0.1) is 11.1 Å². The number of imide groups is 1. The van der Waals surface area contributed by atoms with Crippen molar-refractivity contribution in [2.75, 3.05) is 25.2 Å². The normalized spacial score (nSPS) is 14.2. The molecule has 0 spiro atoms. The Morgan fingerprint density at radius 2 is 1.82 bits per heavy atom. The highest BCUT2D eigenvalue weighted by Crippen LogP contribution is 2.34. The molecule has 2 aliphatic heterocycles. The molecule has 0 saturated carbocycles. The van der Waals surface area contributed by atoms with Crippen molar-refractivity contribution in [1.82, 2.24) is 10.2 Å². The van der Waals surface area contributed by atoms with Crippen molar-refractivity contribution in [3.05, 3.63) is 52.0 Å². The van der Waals surface area contributed by atoms with Crippen LogP contribution in [0, 0.1) is 0 Å². The van der Waals surface area contributed by atoms with Gasteiger partial charge in [-0.3, -0.25) is 14.5 Å². The molecule has 9 heteroatoms. The SMILES string of the molecule is O=C(NCCCN1C(=O)c2ccc(Br)cc2C1=O)Nc1ccc2c(c1)OCO2. The van der Waals surface area contributed by atoms with E-state index < -0.39 is 0 Å². The maximum Gasteiger partial charge on any atom is 0.319 e. The van der Waals surface area contributed by atoms with Crippen molar-refractivity contribution < 1.29 is 23.9 Å². The summed E-state index contributed by atoms with van der Waals surface area (Å²) >= 11 is 3.30. The molecule has 0 unspecified atom stereocenters. The van der Waals surface area contributed by atoms with Crippen molar-refractivity contribution in [3.63, 3.8) is 0 Å². The van der Waals surface area contributed by atoms with E-state index >= 15 is 0 Å². The number of nitrogens with zero attached hydrogens (tertiary/aromatic N) is 1. The quantitative estimate of drug-likeness (QED) is 0.544. The molecule has 0 saturated heterocycles. The number of anilines is 1. The van der Waals surface area contributed by atoms with Crippen LogP contribution in [0.5, 0.6) is 11.5 Å². The summed E-state index contributed by atoms with van der Waals surface area (Å²) in [6.45, 7) is 0.710. The molecule has 0 radical (unpaired) electrons. The molecular weight excluding hydrogens is 430 g/mol. The number of nitrogens with one attached hydrogen (secondary N) is 2. The molecule has 2 aromatic carbocycles. The second-order valence-corrected chi connectivity index (χ2v) is 7.17. The number of carbonyl (C=O) groups is 3. The van der Waals surface area contributed by atoms with Crippen LogP contribution in [0.3, 0.4) is 0 Å². The van der Waals surface area contributed by atoms with Crippen LogP contribution in [0.4, 0.5) is 10.5 Å².